The summed E-state index contributed by atoms with van der Waals surface area (Å²) in [5, 5.41) is 25.5. The van der Waals surface area contributed by atoms with Gasteiger partial charge in [0.25, 0.3) is 5.56 Å². The standard InChI is InChI=1S/C7H8N4O2.C6H15NO3/c1-10-3-8-5-4(10)6(12)9-7(13)11(5)2;8-4-1-7(2-5-9)3-6-10/h3H,1-2H3,(H,9,12,13);8-10H,1-6H2. The van der Waals surface area contributed by atoms with Crippen molar-refractivity contribution in [2.45, 2.75) is 0 Å². The predicted molar refractivity (Wildman–Crippen MR) is 84.3 cm³/mol. The molecule has 10 heteroatoms. The Kier molecular flexibility index (Phi) is 7.62. The molecule has 0 saturated carbocycles. The van der Waals surface area contributed by atoms with Crippen LogP contribution in [0.1, 0.15) is 0 Å². The van der Waals surface area contributed by atoms with Gasteiger partial charge in [-0.3, -0.25) is 19.2 Å². The number of rotatable bonds is 6. The lowest BCUT2D eigenvalue weighted by atomic mass is 10.4. The number of aliphatic hydroxyl groups is 3. The van der Waals surface area contributed by atoms with Crippen molar-refractivity contribution in [3.63, 3.8) is 0 Å². The smallest absolute Gasteiger partial charge is 0.329 e. The van der Waals surface area contributed by atoms with Crippen LogP contribution in [0.15, 0.2) is 15.9 Å². The number of aromatic amines is 1. The highest BCUT2D eigenvalue weighted by Gasteiger charge is 2.08. The van der Waals surface area contributed by atoms with Gasteiger partial charge in [0, 0.05) is 33.7 Å². The minimum Gasteiger partial charge on any atom is -0.395 e. The number of aryl methyl sites for hydroxylation is 2. The average molecular weight is 329 g/mol. The second kappa shape index (κ2) is 9.20. The first-order valence-electron chi connectivity index (χ1n) is 7.11. The van der Waals surface area contributed by atoms with Gasteiger partial charge in [0.15, 0.2) is 11.2 Å². The van der Waals surface area contributed by atoms with Crippen LogP contribution in [0.25, 0.3) is 11.2 Å². The highest BCUT2D eigenvalue weighted by molar-refractivity contribution is 5.69. The number of H-pyrrole nitrogens is 1. The van der Waals surface area contributed by atoms with Crippen molar-refractivity contribution in [3.05, 3.63) is 27.2 Å². The molecule has 0 radical (unpaired) electrons. The third-order valence-electron chi connectivity index (χ3n) is 3.22. The third-order valence-corrected chi connectivity index (χ3v) is 3.22. The molecule has 2 aromatic heterocycles. The number of nitrogens with one attached hydrogen (secondary N) is 1. The van der Waals surface area contributed by atoms with E-state index in [4.69, 9.17) is 15.3 Å². The van der Waals surface area contributed by atoms with Gasteiger partial charge in [-0.2, -0.15) is 0 Å². The molecular formula is C13H23N5O5. The summed E-state index contributed by atoms with van der Waals surface area (Å²) in [7, 11) is 3.27. The maximum atomic E-state index is 11.3. The molecule has 10 nitrogen and oxygen atoms in total. The van der Waals surface area contributed by atoms with Crippen LogP contribution in [0, 0.1) is 0 Å². The number of fused-ring (bicyclic) bond motifs is 1. The van der Waals surface area contributed by atoms with Gasteiger partial charge in [-0.1, -0.05) is 0 Å². The molecule has 2 aromatic rings. The molecule has 23 heavy (non-hydrogen) atoms. The van der Waals surface area contributed by atoms with Gasteiger partial charge in [-0.05, 0) is 0 Å². The summed E-state index contributed by atoms with van der Waals surface area (Å²) in [6, 6.07) is 0. The van der Waals surface area contributed by atoms with Gasteiger partial charge in [-0.25, -0.2) is 9.78 Å². The second-order valence-electron chi connectivity index (χ2n) is 4.86. The van der Waals surface area contributed by atoms with Gasteiger partial charge < -0.3 is 19.9 Å². The van der Waals surface area contributed by atoms with Crippen LogP contribution in [0.3, 0.4) is 0 Å². The van der Waals surface area contributed by atoms with Gasteiger partial charge in [0.05, 0.1) is 26.1 Å². The Hall–Kier alpha value is -2.01. The van der Waals surface area contributed by atoms with E-state index < -0.39 is 11.2 Å². The van der Waals surface area contributed by atoms with Crippen molar-refractivity contribution in [3.8, 4) is 0 Å². The fraction of sp³-hybridized carbons (Fsp3) is 0.615. The summed E-state index contributed by atoms with van der Waals surface area (Å²) in [6.45, 7) is 1.75. The maximum absolute atomic E-state index is 11.3. The summed E-state index contributed by atoms with van der Waals surface area (Å²) < 4.78 is 2.88. The maximum Gasteiger partial charge on any atom is 0.329 e. The van der Waals surface area contributed by atoms with Crippen molar-refractivity contribution >= 4 is 11.2 Å². The number of nitrogens with zero attached hydrogens (tertiary/aromatic N) is 4. The molecule has 0 aliphatic heterocycles. The second-order valence-corrected chi connectivity index (χ2v) is 4.86. The van der Waals surface area contributed by atoms with Gasteiger partial charge in [0.2, 0.25) is 0 Å². The molecule has 0 fully saturated rings. The molecule has 4 N–H and O–H groups in total. The zero-order chi connectivity index (χ0) is 17.4. The Morgan fingerprint density at radius 2 is 1.61 bits per heavy atom. The van der Waals surface area contributed by atoms with Crippen LogP contribution < -0.4 is 11.2 Å². The van der Waals surface area contributed by atoms with E-state index in [0.717, 1.165) is 0 Å². The number of imidazole rings is 1. The van der Waals surface area contributed by atoms with E-state index in [-0.39, 0.29) is 19.8 Å². The molecule has 0 unspecified atom stereocenters. The van der Waals surface area contributed by atoms with E-state index in [1.165, 1.54) is 10.9 Å². The van der Waals surface area contributed by atoms with E-state index in [1.54, 1.807) is 23.6 Å². The summed E-state index contributed by atoms with van der Waals surface area (Å²) in [4.78, 5) is 30.4. The molecule has 130 valence electrons. The van der Waals surface area contributed by atoms with E-state index >= 15 is 0 Å². The minimum atomic E-state index is -0.448. The number of hydrogen-bond donors (Lipinski definition) is 4. The molecule has 2 heterocycles. The summed E-state index contributed by atoms with van der Waals surface area (Å²) >= 11 is 0. The summed E-state index contributed by atoms with van der Waals surface area (Å²) in [5.41, 5.74) is -0.0485. The van der Waals surface area contributed by atoms with Crippen LogP contribution in [-0.2, 0) is 14.1 Å². The van der Waals surface area contributed by atoms with Crippen LogP contribution in [0.5, 0.6) is 0 Å². The summed E-state index contributed by atoms with van der Waals surface area (Å²) in [5.74, 6) is 0. The fourth-order valence-electron chi connectivity index (χ4n) is 2.02. The van der Waals surface area contributed by atoms with Gasteiger partial charge >= 0.3 is 5.69 Å². The van der Waals surface area contributed by atoms with E-state index in [0.29, 0.717) is 30.8 Å². The first-order valence-corrected chi connectivity index (χ1v) is 7.11. The number of aromatic nitrogens is 4. The van der Waals surface area contributed by atoms with E-state index in [9.17, 15) is 9.59 Å². The van der Waals surface area contributed by atoms with Crippen molar-refractivity contribution in [1.29, 1.82) is 0 Å². The molecule has 0 spiro atoms. The molecule has 0 aliphatic carbocycles. The normalized spacial score (nSPS) is 10.9. The Labute approximate surface area is 132 Å². The highest BCUT2D eigenvalue weighted by atomic mass is 16.3. The van der Waals surface area contributed by atoms with Crippen molar-refractivity contribution in [2.24, 2.45) is 14.1 Å². The Morgan fingerprint density at radius 3 is 2.09 bits per heavy atom. The first-order chi connectivity index (χ1) is 11.0. The van der Waals surface area contributed by atoms with Crippen molar-refractivity contribution in [1.82, 2.24) is 24.0 Å². The molecule has 0 atom stereocenters. The summed E-state index contributed by atoms with van der Waals surface area (Å²) in [6.07, 6.45) is 1.50. The molecule has 0 aliphatic rings. The van der Waals surface area contributed by atoms with Gasteiger partial charge in [-0.15, -0.1) is 0 Å². The lowest BCUT2D eigenvalue weighted by molar-refractivity contribution is 0.136. The SMILES string of the molecule is Cn1cnc2c1c(=O)[nH]c(=O)n2C.OCCN(CCO)CCO. The van der Waals surface area contributed by atoms with E-state index in [1.807, 2.05) is 0 Å². The largest absolute Gasteiger partial charge is 0.395 e. The van der Waals surface area contributed by atoms with Crippen LogP contribution >= 0.6 is 0 Å². The lowest BCUT2D eigenvalue weighted by Gasteiger charge is -2.17. The topological polar surface area (TPSA) is 137 Å². The van der Waals surface area contributed by atoms with Crippen LogP contribution in [0.2, 0.25) is 0 Å². The highest BCUT2D eigenvalue weighted by Crippen LogP contribution is 2.00. The first kappa shape index (κ1) is 19.0. The molecule has 0 saturated heterocycles. The fourth-order valence-corrected chi connectivity index (χ4v) is 2.02. The molecule has 0 amide bonds. The lowest BCUT2D eigenvalue weighted by Crippen LogP contribution is -2.32. The van der Waals surface area contributed by atoms with Gasteiger partial charge in [0.1, 0.15) is 0 Å². The zero-order valence-corrected chi connectivity index (χ0v) is 13.3. The Balaban J connectivity index is 0.000000241. The Bertz CT molecular complexity index is 705. The minimum absolute atomic E-state index is 0.0694. The molecular weight excluding hydrogens is 306 g/mol. The molecule has 0 aromatic carbocycles. The Morgan fingerprint density at radius 1 is 1.09 bits per heavy atom. The number of hydrogen-bond acceptors (Lipinski definition) is 7. The zero-order valence-electron chi connectivity index (χ0n) is 13.3. The molecule has 0 bridgehead atoms. The van der Waals surface area contributed by atoms with Crippen LogP contribution in [0.4, 0.5) is 0 Å². The average Bonchev–Trinajstić information content (AvgIpc) is 2.89. The number of aliphatic hydroxyl groups excluding tert-OH is 3. The van der Waals surface area contributed by atoms with Crippen molar-refractivity contribution < 1.29 is 15.3 Å². The van der Waals surface area contributed by atoms with E-state index in [2.05, 4.69) is 9.97 Å². The quantitative estimate of drug-likeness (QED) is 0.450. The third kappa shape index (κ3) is 4.99. The molecule has 2 rings (SSSR count). The predicted octanol–water partition coefficient (Wildman–Crippen LogP) is -2.77. The monoisotopic (exact) mass is 329 g/mol. The van der Waals surface area contributed by atoms with Crippen molar-refractivity contribution in [2.75, 3.05) is 39.5 Å². The van der Waals surface area contributed by atoms with Crippen LogP contribution in [-0.4, -0.2) is 78.8 Å².